The van der Waals surface area contributed by atoms with Crippen molar-refractivity contribution in [1.82, 2.24) is 0 Å². The summed E-state index contributed by atoms with van der Waals surface area (Å²) in [7, 11) is 1.68. The molecule has 0 atom stereocenters. The normalized spacial score (nSPS) is 10.0. The van der Waals surface area contributed by atoms with Crippen LogP contribution in [0.25, 0.3) is 0 Å². The SMILES string of the molecule is CCOC(=O)COc1ccc(CCOC)cc1. The van der Waals surface area contributed by atoms with Gasteiger partial charge in [-0.25, -0.2) is 4.79 Å². The second-order valence-corrected chi connectivity index (χ2v) is 3.48. The molecular weight excluding hydrogens is 220 g/mol. The van der Waals surface area contributed by atoms with Gasteiger partial charge in [0.2, 0.25) is 0 Å². The van der Waals surface area contributed by atoms with Gasteiger partial charge in [0, 0.05) is 7.11 Å². The summed E-state index contributed by atoms with van der Waals surface area (Å²) in [4.78, 5) is 11.1. The predicted octanol–water partition coefficient (Wildman–Crippen LogP) is 1.82. The van der Waals surface area contributed by atoms with Crippen LogP contribution in [0.1, 0.15) is 12.5 Å². The number of hydrogen-bond donors (Lipinski definition) is 0. The minimum Gasteiger partial charge on any atom is -0.482 e. The van der Waals surface area contributed by atoms with Gasteiger partial charge in [-0.3, -0.25) is 0 Å². The van der Waals surface area contributed by atoms with Crippen molar-refractivity contribution >= 4 is 5.97 Å². The highest BCUT2D eigenvalue weighted by Gasteiger charge is 2.02. The Kier molecular flexibility index (Phi) is 6.10. The second kappa shape index (κ2) is 7.68. The molecule has 0 aromatic heterocycles. The maximum absolute atomic E-state index is 11.1. The van der Waals surface area contributed by atoms with Crippen molar-refractivity contribution in [1.29, 1.82) is 0 Å². The molecule has 0 aliphatic carbocycles. The van der Waals surface area contributed by atoms with Crippen LogP contribution in [-0.2, 0) is 20.7 Å². The van der Waals surface area contributed by atoms with Crippen LogP contribution in [0.4, 0.5) is 0 Å². The van der Waals surface area contributed by atoms with Gasteiger partial charge in [0.15, 0.2) is 6.61 Å². The molecule has 4 nitrogen and oxygen atoms in total. The first kappa shape index (κ1) is 13.5. The van der Waals surface area contributed by atoms with Gasteiger partial charge in [0.1, 0.15) is 5.75 Å². The van der Waals surface area contributed by atoms with E-state index >= 15 is 0 Å². The van der Waals surface area contributed by atoms with E-state index in [9.17, 15) is 4.79 Å². The van der Waals surface area contributed by atoms with Crippen LogP contribution in [0.15, 0.2) is 24.3 Å². The fourth-order valence-electron chi connectivity index (χ4n) is 1.32. The van der Waals surface area contributed by atoms with Crippen molar-refractivity contribution in [3.63, 3.8) is 0 Å². The van der Waals surface area contributed by atoms with Crippen LogP contribution in [0, 0.1) is 0 Å². The first-order valence-electron chi connectivity index (χ1n) is 5.62. The van der Waals surface area contributed by atoms with Crippen LogP contribution in [0.5, 0.6) is 5.75 Å². The standard InChI is InChI=1S/C13H18O4/c1-3-16-13(14)10-17-12-6-4-11(5-7-12)8-9-15-2/h4-7H,3,8-10H2,1-2H3. The van der Waals surface area contributed by atoms with Gasteiger partial charge in [0.25, 0.3) is 0 Å². The molecule has 0 aliphatic heterocycles. The molecular formula is C13H18O4. The molecule has 0 bridgehead atoms. The Labute approximate surface area is 101 Å². The first-order chi connectivity index (χ1) is 8.26. The molecule has 0 N–H and O–H groups in total. The predicted molar refractivity (Wildman–Crippen MR) is 64.2 cm³/mol. The van der Waals surface area contributed by atoms with Gasteiger partial charge in [-0.05, 0) is 31.0 Å². The van der Waals surface area contributed by atoms with E-state index in [1.165, 1.54) is 5.56 Å². The lowest BCUT2D eigenvalue weighted by molar-refractivity contribution is -0.145. The van der Waals surface area contributed by atoms with Crippen molar-refractivity contribution in [2.75, 3.05) is 26.9 Å². The molecule has 0 heterocycles. The molecule has 1 aromatic rings. The van der Waals surface area contributed by atoms with Gasteiger partial charge in [-0.1, -0.05) is 12.1 Å². The van der Waals surface area contributed by atoms with E-state index in [4.69, 9.17) is 14.2 Å². The molecule has 0 saturated carbocycles. The molecule has 0 aliphatic rings. The van der Waals surface area contributed by atoms with E-state index < -0.39 is 0 Å². The first-order valence-corrected chi connectivity index (χ1v) is 5.62. The summed E-state index contributed by atoms with van der Waals surface area (Å²) in [6.45, 7) is 2.79. The third-order valence-electron chi connectivity index (χ3n) is 2.18. The van der Waals surface area contributed by atoms with E-state index in [1.54, 1.807) is 14.0 Å². The third kappa shape index (κ3) is 5.36. The number of carbonyl (C=O) groups excluding carboxylic acids is 1. The number of hydrogen-bond acceptors (Lipinski definition) is 4. The molecule has 0 saturated heterocycles. The zero-order valence-electron chi connectivity index (χ0n) is 10.3. The highest BCUT2D eigenvalue weighted by molar-refractivity contribution is 5.71. The summed E-state index contributed by atoms with van der Waals surface area (Å²) in [6, 6.07) is 7.59. The fraction of sp³-hybridized carbons (Fsp3) is 0.462. The van der Waals surface area contributed by atoms with Gasteiger partial charge < -0.3 is 14.2 Å². The van der Waals surface area contributed by atoms with E-state index in [0.29, 0.717) is 19.0 Å². The highest BCUT2D eigenvalue weighted by atomic mass is 16.6. The monoisotopic (exact) mass is 238 g/mol. The lowest BCUT2D eigenvalue weighted by atomic mass is 10.1. The number of rotatable bonds is 7. The summed E-state index contributed by atoms with van der Waals surface area (Å²) >= 11 is 0. The van der Waals surface area contributed by atoms with Crippen molar-refractivity contribution in [2.45, 2.75) is 13.3 Å². The van der Waals surface area contributed by atoms with Crippen molar-refractivity contribution in [3.8, 4) is 5.75 Å². The number of esters is 1. The number of methoxy groups -OCH3 is 1. The van der Waals surface area contributed by atoms with Crippen LogP contribution in [0.2, 0.25) is 0 Å². The Balaban J connectivity index is 2.37. The maximum Gasteiger partial charge on any atom is 0.344 e. The molecule has 1 rings (SSSR count). The van der Waals surface area contributed by atoms with Crippen molar-refractivity contribution in [3.05, 3.63) is 29.8 Å². The number of ether oxygens (including phenoxy) is 3. The lowest BCUT2D eigenvalue weighted by Crippen LogP contribution is -2.14. The fourth-order valence-corrected chi connectivity index (χ4v) is 1.32. The zero-order valence-corrected chi connectivity index (χ0v) is 10.3. The molecule has 0 spiro atoms. The number of carbonyl (C=O) groups is 1. The van der Waals surface area contributed by atoms with Gasteiger partial charge in [-0.15, -0.1) is 0 Å². The van der Waals surface area contributed by atoms with E-state index in [2.05, 4.69) is 0 Å². The molecule has 17 heavy (non-hydrogen) atoms. The number of benzene rings is 1. The summed E-state index contributed by atoms with van der Waals surface area (Å²) in [6.07, 6.45) is 0.870. The largest absolute Gasteiger partial charge is 0.482 e. The Morgan fingerprint density at radius 1 is 1.24 bits per heavy atom. The molecule has 0 radical (unpaired) electrons. The maximum atomic E-state index is 11.1. The van der Waals surface area contributed by atoms with E-state index in [1.807, 2.05) is 24.3 Å². The third-order valence-corrected chi connectivity index (χ3v) is 2.18. The van der Waals surface area contributed by atoms with Crippen LogP contribution in [0.3, 0.4) is 0 Å². The van der Waals surface area contributed by atoms with E-state index in [0.717, 1.165) is 6.42 Å². The van der Waals surface area contributed by atoms with Gasteiger partial charge in [-0.2, -0.15) is 0 Å². The van der Waals surface area contributed by atoms with Crippen LogP contribution >= 0.6 is 0 Å². The Morgan fingerprint density at radius 2 is 1.94 bits per heavy atom. The summed E-state index contributed by atoms with van der Waals surface area (Å²) < 4.78 is 15.0. The molecule has 0 amide bonds. The Bertz CT molecular complexity index is 332. The summed E-state index contributed by atoms with van der Waals surface area (Å²) in [5, 5.41) is 0. The molecule has 1 aromatic carbocycles. The zero-order chi connectivity index (χ0) is 12.5. The summed E-state index contributed by atoms with van der Waals surface area (Å²) in [5.41, 5.74) is 1.18. The van der Waals surface area contributed by atoms with Crippen LogP contribution in [-0.4, -0.2) is 32.9 Å². The molecule has 4 heteroatoms. The average molecular weight is 238 g/mol. The average Bonchev–Trinajstić information content (AvgIpc) is 2.35. The molecule has 0 unspecified atom stereocenters. The quantitative estimate of drug-likeness (QED) is 0.680. The smallest absolute Gasteiger partial charge is 0.344 e. The van der Waals surface area contributed by atoms with E-state index in [-0.39, 0.29) is 12.6 Å². The topological polar surface area (TPSA) is 44.8 Å². The Morgan fingerprint density at radius 3 is 2.53 bits per heavy atom. The van der Waals surface area contributed by atoms with Crippen molar-refractivity contribution in [2.24, 2.45) is 0 Å². The van der Waals surface area contributed by atoms with Gasteiger partial charge >= 0.3 is 5.97 Å². The Hall–Kier alpha value is -1.55. The summed E-state index contributed by atoms with van der Waals surface area (Å²) in [5.74, 6) is 0.315. The lowest BCUT2D eigenvalue weighted by Gasteiger charge is -2.06. The highest BCUT2D eigenvalue weighted by Crippen LogP contribution is 2.12. The minimum atomic E-state index is -0.351. The van der Waals surface area contributed by atoms with Gasteiger partial charge in [0.05, 0.1) is 13.2 Å². The molecule has 94 valence electrons. The second-order valence-electron chi connectivity index (χ2n) is 3.48. The van der Waals surface area contributed by atoms with Crippen LogP contribution < -0.4 is 4.74 Å². The van der Waals surface area contributed by atoms with Crippen molar-refractivity contribution < 1.29 is 19.0 Å². The molecule has 0 fully saturated rings. The minimum absolute atomic E-state index is 0.0503.